The molecule has 222 valence electrons. The predicted octanol–water partition coefficient (Wildman–Crippen LogP) is -0.716. The molecule has 0 radical (unpaired) electrons. The van der Waals surface area contributed by atoms with Gasteiger partial charge < -0.3 is 64.2 Å². The van der Waals surface area contributed by atoms with Crippen LogP contribution in [-0.4, -0.2) is 102 Å². The molecule has 2 aliphatic heterocycles. The number of phenols is 2. The summed E-state index contributed by atoms with van der Waals surface area (Å²) in [5.74, 6) is -1.55. The summed E-state index contributed by atoms with van der Waals surface area (Å²) in [6, 6.07) is 7.71. The molecule has 2 aromatic carbocycles. The smallest absolute Gasteiger partial charge is 0.239 e. The average Bonchev–Trinajstić information content (AvgIpc) is 2.93. The fourth-order valence-corrected chi connectivity index (χ4v) is 4.71. The van der Waals surface area contributed by atoms with Gasteiger partial charge in [0.1, 0.15) is 64.8 Å². The summed E-state index contributed by atoms with van der Waals surface area (Å²) in [7, 11) is 0. The van der Waals surface area contributed by atoms with Crippen LogP contribution in [0.5, 0.6) is 23.0 Å². The summed E-state index contributed by atoms with van der Waals surface area (Å²) < 4.78 is 28.2. The van der Waals surface area contributed by atoms with E-state index in [0.29, 0.717) is 0 Å². The van der Waals surface area contributed by atoms with Crippen LogP contribution in [0.3, 0.4) is 0 Å². The van der Waals surface area contributed by atoms with Gasteiger partial charge in [0.05, 0.1) is 12.2 Å². The Morgan fingerprint density at radius 2 is 1.24 bits per heavy atom. The quantitative estimate of drug-likeness (QED) is 0.187. The lowest BCUT2D eigenvalue weighted by Crippen LogP contribution is -2.58. The van der Waals surface area contributed by atoms with Crippen molar-refractivity contribution in [3.8, 4) is 34.3 Å². The van der Waals surface area contributed by atoms with Crippen molar-refractivity contribution in [2.24, 2.45) is 0 Å². The molecule has 0 bridgehead atoms. The standard InChI is InChI=1S/C27H30O14/c1-9-17(30)20(33)22(35)26(37-9)39-13-7-14(29)16-15(8-13)40-24(11-3-5-12(28)6-4-11)25(19(16)32)41-27-23(36)21(34)18(31)10(2)38-27/h3-10,17-18,20-23,26-31,33-36H,1-2H3/t9-,10-,17+,18-,20+,21+,22+,23+,26?,27+/m0/s1. The minimum absolute atomic E-state index is 0.0859. The number of aromatic hydroxyl groups is 2. The zero-order valence-corrected chi connectivity index (χ0v) is 21.8. The molecule has 8 N–H and O–H groups in total. The van der Waals surface area contributed by atoms with E-state index in [1.54, 1.807) is 0 Å². The molecule has 2 aliphatic rings. The fourth-order valence-electron chi connectivity index (χ4n) is 4.71. The Kier molecular flexibility index (Phi) is 7.84. The number of rotatable bonds is 5. The molecule has 0 saturated carbocycles. The molecule has 3 aromatic rings. The minimum atomic E-state index is -1.76. The molecule has 1 aromatic heterocycles. The van der Waals surface area contributed by atoms with Crippen LogP contribution >= 0.6 is 0 Å². The van der Waals surface area contributed by atoms with E-state index in [1.165, 1.54) is 44.2 Å². The maximum absolute atomic E-state index is 13.7. The Balaban J connectivity index is 1.58. The number of fused-ring (bicyclic) bond motifs is 1. The van der Waals surface area contributed by atoms with Crippen molar-refractivity contribution >= 4 is 11.0 Å². The highest BCUT2D eigenvalue weighted by Crippen LogP contribution is 2.38. The van der Waals surface area contributed by atoms with E-state index >= 15 is 0 Å². The number of aliphatic hydroxyl groups excluding tert-OH is 6. The van der Waals surface area contributed by atoms with Crippen LogP contribution in [0.1, 0.15) is 13.8 Å². The monoisotopic (exact) mass is 578 g/mol. The normalized spacial score (nSPS) is 34.0. The minimum Gasteiger partial charge on any atom is -0.508 e. The third-order valence-corrected chi connectivity index (χ3v) is 7.14. The Morgan fingerprint density at radius 3 is 1.80 bits per heavy atom. The van der Waals surface area contributed by atoms with Gasteiger partial charge in [-0.05, 0) is 38.1 Å². The zero-order chi connectivity index (χ0) is 29.7. The Hall–Kier alpha value is -3.47. The number of phenolic OH excluding ortho intramolecular Hbond substituents is 2. The van der Waals surface area contributed by atoms with Crippen LogP contribution in [0.15, 0.2) is 45.6 Å². The number of ether oxygens (including phenoxy) is 4. The third-order valence-electron chi connectivity index (χ3n) is 7.14. The topological polar surface area (TPSA) is 229 Å². The molecule has 0 aliphatic carbocycles. The van der Waals surface area contributed by atoms with E-state index in [4.69, 9.17) is 23.4 Å². The van der Waals surface area contributed by atoms with Gasteiger partial charge in [0.25, 0.3) is 0 Å². The molecule has 41 heavy (non-hydrogen) atoms. The number of benzene rings is 2. The van der Waals surface area contributed by atoms with Crippen LogP contribution < -0.4 is 14.9 Å². The first-order valence-electron chi connectivity index (χ1n) is 12.7. The highest BCUT2D eigenvalue weighted by atomic mass is 16.7. The summed E-state index contributed by atoms with van der Waals surface area (Å²) in [5, 5.41) is 81.1. The fraction of sp³-hybridized carbons (Fsp3) is 0.444. The second kappa shape index (κ2) is 11.1. The van der Waals surface area contributed by atoms with Gasteiger partial charge in [-0.15, -0.1) is 0 Å². The molecular formula is C27H30O14. The van der Waals surface area contributed by atoms with Crippen LogP contribution in [-0.2, 0) is 9.47 Å². The van der Waals surface area contributed by atoms with E-state index in [1.807, 2.05) is 0 Å². The van der Waals surface area contributed by atoms with Crippen molar-refractivity contribution in [2.45, 2.75) is 75.3 Å². The summed E-state index contributed by atoms with van der Waals surface area (Å²) in [6.07, 6.45) is -14.3. The molecule has 2 fully saturated rings. The summed E-state index contributed by atoms with van der Waals surface area (Å²) >= 11 is 0. The van der Waals surface area contributed by atoms with E-state index in [-0.39, 0.29) is 33.8 Å². The lowest BCUT2D eigenvalue weighted by molar-refractivity contribution is -0.268. The number of hydrogen-bond acceptors (Lipinski definition) is 14. The molecule has 3 heterocycles. The lowest BCUT2D eigenvalue weighted by Gasteiger charge is -2.39. The third kappa shape index (κ3) is 5.31. The molecule has 14 heteroatoms. The average molecular weight is 579 g/mol. The van der Waals surface area contributed by atoms with Crippen molar-refractivity contribution in [2.75, 3.05) is 0 Å². The number of aliphatic hydroxyl groups is 6. The predicted molar refractivity (Wildman–Crippen MR) is 137 cm³/mol. The SMILES string of the molecule is C[C@@H]1O[C@H](Oc2c(-c3ccc(O)cc3)oc3cc(OC4O[C@@H](C)[C@@H](O)[C@@H](O)[C@H]4O)cc(O)c3c2=O)[C@H](O)[C@H](O)[C@H]1O. The summed E-state index contributed by atoms with van der Waals surface area (Å²) in [6.45, 7) is 2.90. The maximum Gasteiger partial charge on any atom is 0.239 e. The van der Waals surface area contributed by atoms with Crippen molar-refractivity contribution < 1.29 is 64.2 Å². The van der Waals surface area contributed by atoms with Crippen molar-refractivity contribution in [1.29, 1.82) is 0 Å². The first-order valence-corrected chi connectivity index (χ1v) is 12.7. The van der Waals surface area contributed by atoms with Gasteiger partial charge >= 0.3 is 0 Å². The van der Waals surface area contributed by atoms with Crippen LogP contribution in [0.4, 0.5) is 0 Å². The van der Waals surface area contributed by atoms with Gasteiger partial charge in [0.15, 0.2) is 5.76 Å². The maximum atomic E-state index is 13.7. The van der Waals surface area contributed by atoms with Crippen molar-refractivity contribution in [3.63, 3.8) is 0 Å². The summed E-state index contributed by atoms with van der Waals surface area (Å²) in [4.78, 5) is 13.7. The molecule has 0 amide bonds. The zero-order valence-electron chi connectivity index (χ0n) is 21.8. The largest absolute Gasteiger partial charge is 0.508 e. The van der Waals surface area contributed by atoms with Gasteiger partial charge in [0, 0.05) is 17.7 Å². The molecular weight excluding hydrogens is 548 g/mol. The van der Waals surface area contributed by atoms with Crippen LogP contribution in [0, 0.1) is 0 Å². The highest BCUT2D eigenvalue weighted by molar-refractivity contribution is 5.88. The Labute approximate surface area is 231 Å². The van der Waals surface area contributed by atoms with Gasteiger partial charge in [-0.2, -0.15) is 0 Å². The van der Waals surface area contributed by atoms with Crippen molar-refractivity contribution in [3.05, 3.63) is 46.6 Å². The van der Waals surface area contributed by atoms with Gasteiger partial charge in [-0.3, -0.25) is 4.79 Å². The van der Waals surface area contributed by atoms with Crippen LogP contribution in [0.25, 0.3) is 22.3 Å². The first-order chi connectivity index (χ1) is 19.4. The van der Waals surface area contributed by atoms with Gasteiger partial charge in [-0.1, -0.05) is 0 Å². The van der Waals surface area contributed by atoms with E-state index in [9.17, 15) is 45.6 Å². The second-order valence-electron chi connectivity index (χ2n) is 10.1. The Morgan fingerprint density at radius 1 is 0.707 bits per heavy atom. The highest BCUT2D eigenvalue weighted by Gasteiger charge is 2.45. The van der Waals surface area contributed by atoms with Crippen molar-refractivity contribution in [1.82, 2.24) is 0 Å². The molecule has 2 saturated heterocycles. The van der Waals surface area contributed by atoms with Crippen LogP contribution in [0.2, 0.25) is 0 Å². The molecule has 1 unspecified atom stereocenters. The van der Waals surface area contributed by atoms with E-state index < -0.39 is 78.3 Å². The van der Waals surface area contributed by atoms with E-state index in [2.05, 4.69) is 0 Å². The van der Waals surface area contributed by atoms with Gasteiger partial charge in [0.2, 0.25) is 23.8 Å². The molecule has 14 nitrogen and oxygen atoms in total. The first kappa shape index (κ1) is 29.0. The molecule has 5 rings (SSSR count). The second-order valence-corrected chi connectivity index (χ2v) is 10.1. The van der Waals surface area contributed by atoms with E-state index in [0.717, 1.165) is 6.07 Å². The molecule has 0 spiro atoms. The summed E-state index contributed by atoms with van der Waals surface area (Å²) in [5.41, 5.74) is -0.865. The Bertz CT molecular complexity index is 1460. The van der Waals surface area contributed by atoms with Gasteiger partial charge in [-0.25, -0.2) is 0 Å². The molecule has 10 atom stereocenters. The number of hydrogen-bond donors (Lipinski definition) is 8. The lowest BCUT2D eigenvalue weighted by atomic mass is 10.00.